The topological polar surface area (TPSA) is 64.7 Å². The Labute approximate surface area is 102 Å². The van der Waals surface area contributed by atoms with Crippen molar-refractivity contribution in [1.29, 1.82) is 0 Å². The third-order valence-electron chi connectivity index (χ3n) is 1.72. The molecule has 17 heavy (non-hydrogen) atoms. The van der Waals surface area contributed by atoms with Gasteiger partial charge in [0.15, 0.2) is 4.34 Å². The van der Waals surface area contributed by atoms with Gasteiger partial charge in [0.05, 0.1) is 11.9 Å². The summed E-state index contributed by atoms with van der Waals surface area (Å²) in [5.74, 6) is 0. The molecular formula is C8H5F3N4S2. The summed E-state index contributed by atoms with van der Waals surface area (Å²) in [6.07, 6.45) is -2.16. The van der Waals surface area contributed by atoms with E-state index >= 15 is 0 Å². The fourth-order valence-corrected chi connectivity index (χ4v) is 2.45. The molecule has 0 radical (unpaired) electrons. The maximum Gasteiger partial charge on any atom is 0.433 e. The lowest BCUT2D eigenvalue weighted by atomic mass is 10.3. The molecule has 4 nitrogen and oxygen atoms in total. The van der Waals surface area contributed by atoms with Gasteiger partial charge < -0.3 is 5.73 Å². The fourth-order valence-electron chi connectivity index (χ4n) is 0.993. The Kier molecular flexibility index (Phi) is 3.20. The second kappa shape index (κ2) is 4.49. The molecule has 0 spiro atoms. The number of rotatable bonds is 2. The molecule has 0 fully saturated rings. The molecule has 2 aromatic heterocycles. The van der Waals surface area contributed by atoms with Gasteiger partial charge in [-0.2, -0.15) is 17.5 Å². The van der Waals surface area contributed by atoms with Gasteiger partial charge >= 0.3 is 6.18 Å². The van der Waals surface area contributed by atoms with Crippen LogP contribution in [-0.2, 0) is 6.18 Å². The van der Waals surface area contributed by atoms with Crippen LogP contribution >= 0.6 is 23.3 Å². The van der Waals surface area contributed by atoms with Crippen LogP contribution in [0, 0.1) is 0 Å². The highest BCUT2D eigenvalue weighted by molar-refractivity contribution is 8.01. The molecule has 2 heterocycles. The average Bonchev–Trinajstić information content (AvgIpc) is 2.72. The minimum Gasteiger partial charge on any atom is -0.397 e. The number of hydrogen-bond acceptors (Lipinski definition) is 6. The van der Waals surface area contributed by atoms with Crippen LogP contribution in [0.4, 0.5) is 18.9 Å². The summed E-state index contributed by atoms with van der Waals surface area (Å²) in [5.41, 5.74) is 4.76. The normalized spacial score (nSPS) is 11.7. The van der Waals surface area contributed by atoms with E-state index in [4.69, 9.17) is 5.73 Å². The summed E-state index contributed by atoms with van der Waals surface area (Å²) >= 11 is 2.12. The van der Waals surface area contributed by atoms with Crippen LogP contribution in [0.1, 0.15) is 5.69 Å². The molecule has 2 rings (SSSR count). The zero-order valence-corrected chi connectivity index (χ0v) is 9.73. The number of pyridine rings is 1. The Balaban J connectivity index is 2.33. The summed E-state index contributed by atoms with van der Waals surface area (Å²) in [4.78, 5) is 7.37. The molecule has 0 bridgehead atoms. The lowest BCUT2D eigenvalue weighted by Gasteiger charge is -2.08. The SMILES string of the molecule is Nc1cnc(C(F)(F)F)cc1Sc1ncns1. The predicted octanol–water partition coefficient (Wildman–Crippen LogP) is 2.69. The molecule has 0 aliphatic carbocycles. The molecule has 90 valence electrons. The van der Waals surface area contributed by atoms with Gasteiger partial charge in [0, 0.05) is 4.90 Å². The first-order chi connectivity index (χ1) is 7.97. The Morgan fingerprint density at radius 2 is 2.06 bits per heavy atom. The largest absolute Gasteiger partial charge is 0.433 e. The first kappa shape index (κ1) is 12.1. The summed E-state index contributed by atoms with van der Waals surface area (Å²) in [6, 6.07) is 0.904. The van der Waals surface area contributed by atoms with Gasteiger partial charge in [0.2, 0.25) is 0 Å². The third kappa shape index (κ3) is 2.86. The molecule has 9 heteroatoms. The number of halogens is 3. The fraction of sp³-hybridized carbons (Fsp3) is 0.125. The van der Waals surface area contributed by atoms with E-state index < -0.39 is 11.9 Å². The van der Waals surface area contributed by atoms with Crippen molar-refractivity contribution in [2.45, 2.75) is 15.4 Å². The van der Waals surface area contributed by atoms with Gasteiger partial charge in [-0.1, -0.05) is 11.8 Å². The monoisotopic (exact) mass is 278 g/mol. The van der Waals surface area contributed by atoms with E-state index in [1.807, 2.05) is 0 Å². The van der Waals surface area contributed by atoms with Crippen molar-refractivity contribution in [1.82, 2.24) is 14.3 Å². The van der Waals surface area contributed by atoms with Crippen molar-refractivity contribution in [2.24, 2.45) is 0 Å². The van der Waals surface area contributed by atoms with Crippen LogP contribution in [0.25, 0.3) is 0 Å². The number of hydrogen-bond donors (Lipinski definition) is 1. The molecule has 0 saturated heterocycles. The van der Waals surface area contributed by atoms with Gasteiger partial charge in [0.25, 0.3) is 0 Å². The van der Waals surface area contributed by atoms with Gasteiger partial charge in [-0.3, -0.25) is 0 Å². The average molecular weight is 278 g/mol. The second-order valence-corrected chi connectivity index (χ2v) is 4.98. The predicted molar refractivity (Wildman–Crippen MR) is 57.7 cm³/mol. The van der Waals surface area contributed by atoms with Crippen LogP contribution in [0.2, 0.25) is 0 Å². The van der Waals surface area contributed by atoms with E-state index in [1.165, 1.54) is 6.33 Å². The lowest BCUT2D eigenvalue weighted by Crippen LogP contribution is -2.08. The number of nitrogen functional groups attached to an aromatic ring is 1. The molecule has 2 aromatic rings. The number of anilines is 1. The maximum atomic E-state index is 12.4. The lowest BCUT2D eigenvalue weighted by molar-refractivity contribution is -0.141. The molecular weight excluding hydrogens is 273 g/mol. The molecule has 0 aliphatic heterocycles. The van der Waals surface area contributed by atoms with Crippen molar-refractivity contribution >= 4 is 29.0 Å². The third-order valence-corrected chi connectivity index (χ3v) is 3.51. The highest BCUT2D eigenvalue weighted by Crippen LogP contribution is 2.36. The van der Waals surface area contributed by atoms with Crippen molar-refractivity contribution in [3.8, 4) is 0 Å². The Hall–Kier alpha value is -1.35. The van der Waals surface area contributed by atoms with E-state index in [2.05, 4.69) is 14.3 Å². The molecule has 0 amide bonds. The van der Waals surface area contributed by atoms with Crippen LogP contribution in [0.15, 0.2) is 27.8 Å². The molecule has 2 N–H and O–H groups in total. The van der Waals surface area contributed by atoms with E-state index in [0.717, 1.165) is 35.6 Å². The van der Waals surface area contributed by atoms with Crippen molar-refractivity contribution < 1.29 is 13.2 Å². The minimum atomic E-state index is -4.48. The smallest absolute Gasteiger partial charge is 0.397 e. The first-order valence-electron chi connectivity index (χ1n) is 4.24. The van der Waals surface area contributed by atoms with Gasteiger partial charge in [-0.25, -0.2) is 9.97 Å². The van der Waals surface area contributed by atoms with Crippen LogP contribution in [-0.4, -0.2) is 14.3 Å². The quantitative estimate of drug-likeness (QED) is 0.915. The summed E-state index contributed by atoms with van der Waals surface area (Å²) in [7, 11) is 0. The number of alkyl halides is 3. The molecule has 0 aliphatic rings. The molecule has 0 atom stereocenters. The zero-order valence-electron chi connectivity index (χ0n) is 8.10. The van der Waals surface area contributed by atoms with E-state index in [1.54, 1.807) is 0 Å². The molecule has 0 unspecified atom stereocenters. The summed E-state index contributed by atoms with van der Waals surface area (Å²) in [5, 5.41) is 0. The standard InChI is InChI=1S/C8H5F3N4S2/c9-8(10,11)6-1-5(4(12)2-13-6)16-7-14-3-15-17-7/h1-3H,12H2. The highest BCUT2D eigenvalue weighted by Gasteiger charge is 2.33. The number of nitrogens with two attached hydrogens (primary N) is 1. The van der Waals surface area contributed by atoms with Crippen LogP contribution in [0.5, 0.6) is 0 Å². The molecule has 0 saturated carbocycles. The van der Waals surface area contributed by atoms with Crippen molar-refractivity contribution in [3.63, 3.8) is 0 Å². The van der Waals surface area contributed by atoms with Crippen LogP contribution in [0.3, 0.4) is 0 Å². The highest BCUT2D eigenvalue weighted by atomic mass is 32.2. The minimum absolute atomic E-state index is 0.179. The molecule has 0 aromatic carbocycles. The van der Waals surface area contributed by atoms with E-state index in [0.29, 0.717) is 4.34 Å². The van der Waals surface area contributed by atoms with Gasteiger partial charge in [-0.15, -0.1) is 0 Å². The van der Waals surface area contributed by atoms with E-state index in [9.17, 15) is 13.2 Å². The van der Waals surface area contributed by atoms with Crippen LogP contribution < -0.4 is 5.73 Å². The van der Waals surface area contributed by atoms with E-state index in [-0.39, 0.29) is 10.6 Å². The van der Waals surface area contributed by atoms with Crippen molar-refractivity contribution in [3.05, 3.63) is 24.3 Å². The summed E-state index contributed by atoms with van der Waals surface area (Å²) in [6.45, 7) is 0. The Bertz CT molecular complexity index is 512. The van der Waals surface area contributed by atoms with Gasteiger partial charge in [0.1, 0.15) is 12.0 Å². The first-order valence-corrected chi connectivity index (χ1v) is 5.83. The number of nitrogens with zero attached hydrogens (tertiary/aromatic N) is 3. The Morgan fingerprint density at radius 1 is 1.29 bits per heavy atom. The zero-order chi connectivity index (χ0) is 12.5. The van der Waals surface area contributed by atoms with Crippen molar-refractivity contribution in [2.75, 3.05) is 5.73 Å². The maximum absolute atomic E-state index is 12.4. The van der Waals surface area contributed by atoms with Gasteiger partial charge in [-0.05, 0) is 17.6 Å². The Morgan fingerprint density at radius 3 is 2.65 bits per heavy atom. The second-order valence-electron chi connectivity index (χ2n) is 2.91. The summed E-state index contributed by atoms with van der Waals surface area (Å²) < 4.78 is 41.6. The number of aromatic nitrogens is 3.